The van der Waals surface area contributed by atoms with E-state index >= 15 is 0 Å². The van der Waals surface area contributed by atoms with Crippen molar-refractivity contribution in [2.24, 2.45) is 11.7 Å². The number of piperidine rings is 1. The van der Waals surface area contributed by atoms with E-state index in [0.717, 1.165) is 75.8 Å². The second kappa shape index (κ2) is 9.82. The third-order valence-corrected chi connectivity index (χ3v) is 7.19. The number of amides is 2. The van der Waals surface area contributed by atoms with Crippen molar-refractivity contribution in [2.45, 2.75) is 50.4 Å². The Morgan fingerprint density at radius 3 is 2.38 bits per heavy atom. The molecule has 2 fully saturated rings. The lowest BCUT2D eigenvalue weighted by Crippen LogP contribution is -2.39. The van der Waals surface area contributed by atoms with Crippen molar-refractivity contribution in [3.8, 4) is 0 Å². The molecule has 1 saturated carbocycles. The van der Waals surface area contributed by atoms with E-state index in [1.807, 2.05) is 18.2 Å². The number of anilines is 1. The molecule has 1 saturated heterocycles. The Morgan fingerprint density at radius 1 is 1.06 bits per heavy atom. The predicted octanol–water partition coefficient (Wildman–Crippen LogP) is 4.02. The van der Waals surface area contributed by atoms with E-state index in [9.17, 15) is 14.0 Å². The molecular weight excluding hydrogens is 405 g/mol. The summed E-state index contributed by atoms with van der Waals surface area (Å²) < 4.78 is 13.8. The third kappa shape index (κ3) is 5.01. The number of rotatable bonds is 7. The van der Waals surface area contributed by atoms with E-state index in [1.54, 1.807) is 6.07 Å². The highest BCUT2D eigenvalue weighted by atomic mass is 19.1. The second-order valence-corrected chi connectivity index (χ2v) is 9.22. The summed E-state index contributed by atoms with van der Waals surface area (Å²) in [5.41, 5.74) is 7.50. The van der Waals surface area contributed by atoms with Gasteiger partial charge >= 0.3 is 0 Å². The van der Waals surface area contributed by atoms with Crippen LogP contribution in [0.2, 0.25) is 0 Å². The molecule has 32 heavy (non-hydrogen) atoms. The van der Waals surface area contributed by atoms with Crippen molar-refractivity contribution in [2.75, 3.05) is 25.0 Å². The Bertz CT molecular complexity index is 946. The molecule has 0 radical (unpaired) electrons. The van der Waals surface area contributed by atoms with Gasteiger partial charge in [0, 0.05) is 18.2 Å². The number of hydrogen-bond acceptors (Lipinski definition) is 3. The minimum Gasteiger partial charge on any atom is -0.369 e. The van der Waals surface area contributed by atoms with Crippen LogP contribution >= 0.6 is 0 Å². The largest absolute Gasteiger partial charge is 0.369 e. The molecule has 3 N–H and O–H groups in total. The molecule has 170 valence electrons. The summed E-state index contributed by atoms with van der Waals surface area (Å²) >= 11 is 0. The van der Waals surface area contributed by atoms with Gasteiger partial charge in [-0.1, -0.05) is 37.1 Å². The Kier molecular flexibility index (Phi) is 6.89. The van der Waals surface area contributed by atoms with Crippen molar-refractivity contribution in [1.29, 1.82) is 0 Å². The maximum Gasteiger partial charge on any atom is 0.235 e. The number of primary amides is 1. The summed E-state index contributed by atoms with van der Waals surface area (Å²) in [4.78, 5) is 26.9. The Morgan fingerprint density at radius 2 is 1.75 bits per heavy atom. The summed E-state index contributed by atoms with van der Waals surface area (Å²) in [6, 6.07) is 14.5. The summed E-state index contributed by atoms with van der Waals surface area (Å²) in [6.07, 6.45) is 6.03. The molecule has 6 heteroatoms. The van der Waals surface area contributed by atoms with Crippen LogP contribution in [0.5, 0.6) is 0 Å². The molecule has 4 rings (SSSR count). The molecule has 2 amide bonds. The van der Waals surface area contributed by atoms with E-state index in [1.165, 1.54) is 17.7 Å². The Labute approximate surface area is 189 Å². The van der Waals surface area contributed by atoms with Crippen LogP contribution in [0.15, 0.2) is 48.5 Å². The normalized spacial score (nSPS) is 19.0. The van der Waals surface area contributed by atoms with Gasteiger partial charge in [-0.05, 0) is 80.6 Å². The van der Waals surface area contributed by atoms with E-state index in [-0.39, 0.29) is 23.5 Å². The minimum absolute atomic E-state index is 0.0182. The molecular formula is C26H32FN3O2. The molecule has 1 aliphatic carbocycles. The van der Waals surface area contributed by atoms with Crippen molar-refractivity contribution in [3.63, 3.8) is 0 Å². The summed E-state index contributed by atoms with van der Waals surface area (Å²) in [5, 5.41) is 3.08. The predicted molar refractivity (Wildman–Crippen MR) is 124 cm³/mol. The molecule has 5 nitrogen and oxygen atoms in total. The molecule has 2 aliphatic rings. The van der Waals surface area contributed by atoms with E-state index in [4.69, 9.17) is 5.73 Å². The van der Waals surface area contributed by atoms with Crippen LogP contribution in [-0.2, 0) is 21.4 Å². The summed E-state index contributed by atoms with van der Waals surface area (Å²) in [7, 11) is 0. The third-order valence-electron chi connectivity index (χ3n) is 7.19. The number of nitrogens with two attached hydrogens (primary N) is 1. The van der Waals surface area contributed by atoms with Gasteiger partial charge in [-0.15, -0.1) is 0 Å². The van der Waals surface area contributed by atoms with Gasteiger partial charge in [-0.2, -0.15) is 0 Å². The smallest absolute Gasteiger partial charge is 0.235 e. The van der Waals surface area contributed by atoms with Crippen molar-refractivity contribution in [3.05, 3.63) is 65.5 Å². The average molecular weight is 438 g/mol. The highest BCUT2D eigenvalue weighted by Gasteiger charge is 2.42. The minimum atomic E-state index is -0.655. The van der Waals surface area contributed by atoms with Gasteiger partial charge in [-0.3, -0.25) is 9.59 Å². The van der Waals surface area contributed by atoms with Crippen LogP contribution in [0, 0.1) is 11.7 Å². The lowest BCUT2D eigenvalue weighted by atomic mass is 9.78. The van der Waals surface area contributed by atoms with Crippen LogP contribution in [0.25, 0.3) is 0 Å². The Hall–Kier alpha value is -2.73. The quantitative estimate of drug-likeness (QED) is 0.687. The van der Waals surface area contributed by atoms with E-state index < -0.39 is 5.41 Å². The standard InChI is InChI=1S/C26H32FN3O2/c27-22-5-3-4-21(18-22)26(13-1-2-14-26)25(32)29-23-8-6-19(7-9-23)10-15-30-16-11-20(12-17-30)24(28)31/h3-9,18,20H,1-2,10-17H2,(H2,28,31)(H,29,32). The van der Waals surface area contributed by atoms with Gasteiger partial charge in [0.05, 0.1) is 5.41 Å². The molecule has 0 spiro atoms. The lowest BCUT2D eigenvalue weighted by molar-refractivity contribution is -0.123. The zero-order chi connectivity index (χ0) is 22.6. The fourth-order valence-corrected chi connectivity index (χ4v) is 5.15. The van der Waals surface area contributed by atoms with Crippen molar-refractivity contribution >= 4 is 17.5 Å². The molecule has 1 aliphatic heterocycles. The fourth-order valence-electron chi connectivity index (χ4n) is 5.15. The maximum absolute atomic E-state index is 13.8. The highest BCUT2D eigenvalue weighted by molar-refractivity contribution is 5.99. The molecule has 0 unspecified atom stereocenters. The molecule has 1 heterocycles. The van der Waals surface area contributed by atoms with Crippen LogP contribution in [0.4, 0.5) is 10.1 Å². The first kappa shape index (κ1) is 22.5. The lowest BCUT2D eigenvalue weighted by Gasteiger charge is -2.30. The van der Waals surface area contributed by atoms with Crippen LogP contribution < -0.4 is 11.1 Å². The van der Waals surface area contributed by atoms with Gasteiger partial charge in [0.1, 0.15) is 5.82 Å². The van der Waals surface area contributed by atoms with Gasteiger partial charge in [0.2, 0.25) is 11.8 Å². The molecule has 0 aromatic heterocycles. The first-order valence-corrected chi connectivity index (χ1v) is 11.6. The van der Waals surface area contributed by atoms with E-state index in [0.29, 0.717) is 0 Å². The number of nitrogens with zero attached hydrogens (tertiary/aromatic N) is 1. The topological polar surface area (TPSA) is 75.4 Å². The van der Waals surface area contributed by atoms with Crippen LogP contribution in [0.3, 0.4) is 0 Å². The van der Waals surface area contributed by atoms with Crippen molar-refractivity contribution < 1.29 is 14.0 Å². The van der Waals surface area contributed by atoms with Gasteiger partial charge in [0.15, 0.2) is 0 Å². The van der Waals surface area contributed by atoms with Crippen LogP contribution in [0.1, 0.15) is 49.7 Å². The first-order valence-electron chi connectivity index (χ1n) is 11.6. The number of likely N-dealkylation sites (tertiary alicyclic amines) is 1. The first-order chi connectivity index (χ1) is 15.5. The second-order valence-electron chi connectivity index (χ2n) is 9.22. The van der Waals surface area contributed by atoms with Gasteiger partial charge < -0.3 is 16.0 Å². The number of carbonyl (C=O) groups is 2. The zero-order valence-electron chi connectivity index (χ0n) is 18.5. The molecule has 2 aromatic carbocycles. The molecule has 0 bridgehead atoms. The molecule has 0 atom stereocenters. The average Bonchev–Trinajstić information content (AvgIpc) is 3.30. The van der Waals surface area contributed by atoms with E-state index in [2.05, 4.69) is 22.3 Å². The number of hydrogen-bond donors (Lipinski definition) is 2. The summed E-state index contributed by atoms with van der Waals surface area (Å²) in [6.45, 7) is 2.76. The SMILES string of the molecule is NC(=O)C1CCN(CCc2ccc(NC(=O)C3(c4cccc(F)c4)CCCC3)cc2)CC1. The van der Waals surface area contributed by atoms with Crippen LogP contribution in [-0.4, -0.2) is 36.3 Å². The number of nitrogens with one attached hydrogen (secondary N) is 1. The molecule has 2 aromatic rings. The van der Waals surface area contributed by atoms with Gasteiger partial charge in [0.25, 0.3) is 0 Å². The van der Waals surface area contributed by atoms with Crippen molar-refractivity contribution in [1.82, 2.24) is 4.90 Å². The fraction of sp³-hybridized carbons (Fsp3) is 0.462. The summed E-state index contributed by atoms with van der Waals surface area (Å²) in [5.74, 6) is -0.515. The zero-order valence-corrected chi connectivity index (χ0v) is 18.5. The monoisotopic (exact) mass is 437 g/mol. The maximum atomic E-state index is 13.8. The number of benzene rings is 2. The number of halogens is 1. The number of carbonyl (C=O) groups excluding carboxylic acids is 2. The Balaban J connectivity index is 1.34. The highest BCUT2D eigenvalue weighted by Crippen LogP contribution is 2.42. The van der Waals surface area contributed by atoms with Gasteiger partial charge in [-0.25, -0.2) is 4.39 Å².